The molecule has 0 radical (unpaired) electrons. The molecular formula is C14H23Cl2F3IN5. The fourth-order valence-electron chi connectivity index (χ4n) is 2.09. The van der Waals surface area contributed by atoms with E-state index in [1.807, 2.05) is 0 Å². The predicted molar refractivity (Wildman–Crippen MR) is 107 cm³/mol. The van der Waals surface area contributed by atoms with Crippen molar-refractivity contribution in [3.63, 3.8) is 0 Å². The van der Waals surface area contributed by atoms with Gasteiger partial charge in [-0.15, -0.1) is 24.0 Å². The molecule has 0 aliphatic rings. The number of alkyl halides is 3. The van der Waals surface area contributed by atoms with E-state index in [2.05, 4.69) is 15.6 Å². The topological polar surface area (TPSA) is 44.6 Å². The van der Waals surface area contributed by atoms with E-state index in [1.54, 1.807) is 24.7 Å². The summed E-state index contributed by atoms with van der Waals surface area (Å²) in [5.74, 6) is 0.557. The van der Waals surface area contributed by atoms with Crippen molar-refractivity contribution in [2.75, 3.05) is 33.7 Å². The number of nitrogens with one attached hydrogen (secondary N) is 2. The number of rotatable bonds is 7. The first-order valence-corrected chi connectivity index (χ1v) is 8.09. The van der Waals surface area contributed by atoms with Crippen molar-refractivity contribution in [2.24, 2.45) is 12.0 Å². The third-order valence-corrected chi connectivity index (χ3v) is 4.18. The minimum atomic E-state index is -4.17. The lowest BCUT2D eigenvalue weighted by Gasteiger charge is -2.19. The van der Waals surface area contributed by atoms with Gasteiger partial charge in [0.2, 0.25) is 0 Å². The molecule has 25 heavy (non-hydrogen) atoms. The van der Waals surface area contributed by atoms with Crippen molar-refractivity contribution in [1.29, 1.82) is 0 Å². The van der Waals surface area contributed by atoms with Gasteiger partial charge in [-0.05, 0) is 26.1 Å². The molecule has 0 spiro atoms. The van der Waals surface area contributed by atoms with Crippen molar-refractivity contribution in [2.45, 2.75) is 19.1 Å². The summed E-state index contributed by atoms with van der Waals surface area (Å²) in [6.45, 7) is 0.411. The fourth-order valence-corrected chi connectivity index (χ4v) is 2.51. The Morgan fingerprint density at radius 2 is 1.96 bits per heavy atom. The van der Waals surface area contributed by atoms with E-state index in [-0.39, 0.29) is 24.0 Å². The van der Waals surface area contributed by atoms with E-state index in [1.165, 1.54) is 11.9 Å². The molecule has 0 amide bonds. The summed E-state index contributed by atoms with van der Waals surface area (Å²) in [7, 11) is 4.87. The van der Waals surface area contributed by atoms with E-state index in [4.69, 9.17) is 23.2 Å². The van der Waals surface area contributed by atoms with Crippen LogP contribution in [-0.4, -0.2) is 55.3 Å². The Morgan fingerprint density at radius 1 is 1.32 bits per heavy atom. The lowest BCUT2D eigenvalue weighted by Crippen LogP contribution is -2.39. The van der Waals surface area contributed by atoms with Crippen LogP contribution in [0.1, 0.15) is 12.1 Å². The monoisotopic (exact) mass is 515 g/mol. The Bertz CT molecular complexity index is 563. The number of halogens is 6. The van der Waals surface area contributed by atoms with Crippen LogP contribution in [0.15, 0.2) is 11.1 Å². The van der Waals surface area contributed by atoms with Crippen LogP contribution in [0.4, 0.5) is 13.2 Å². The van der Waals surface area contributed by atoms with Gasteiger partial charge in [-0.3, -0.25) is 9.89 Å². The van der Waals surface area contributed by atoms with Crippen LogP contribution >= 0.6 is 47.2 Å². The zero-order chi connectivity index (χ0) is 18.3. The first-order chi connectivity index (χ1) is 11.1. The fraction of sp³-hybridized carbons (Fsp3) is 0.643. The highest BCUT2D eigenvalue weighted by atomic mass is 127. The van der Waals surface area contributed by atoms with E-state index in [0.717, 1.165) is 5.69 Å². The van der Waals surface area contributed by atoms with Crippen molar-refractivity contribution in [3.05, 3.63) is 21.9 Å². The minimum absolute atomic E-state index is 0. The maximum atomic E-state index is 12.2. The first kappa shape index (κ1) is 24.6. The Hall–Kier alpha value is -0.390. The standard InChI is InChI=1S/C14H22Cl2F3N5.HI/c1-20-13(21-5-4-6-23(2)9-14(17,18)19)22-8-10-7-11(15)12(16)24(10)3;/h7H,4-6,8-9H2,1-3H3,(H2,20,21,22);1H. The van der Waals surface area contributed by atoms with Crippen molar-refractivity contribution >= 4 is 53.1 Å². The highest BCUT2D eigenvalue weighted by Crippen LogP contribution is 2.24. The second kappa shape index (κ2) is 11.3. The molecule has 0 aromatic carbocycles. The zero-order valence-electron chi connectivity index (χ0n) is 14.3. The number of hydrogen-bond donors (Lipinski definition) is 2. The van der Waals surface area contributed by atoms with Gasteiger partial charge in [0, 0.05) is 26.3 Å². The lowest BCUT2D eigenvalue weighted by atomic mass is 10.4. The molecule has 5 nitrogen and oxygen atoms in total. The molecule has 146 valence electrons. The SMILES string of the molecule is CN=C(NCCCN(C)CC(F)(F)F)NCc1cc(Cl)c(Cl)n1C.I. The van der Waals surface area contributed by atoms with Crippen molar-refractivity contribution in [1.82, 2.24) is 20.1 Å². The molecule has 0 bridgehead atoms. The van der Waals surface area contributed by atoms with E-state index in [9.17, 15) is 13.2 Å². The van der Waals surface area contributed by atoms with E-state index >= 15 is 0 Å². The molecule has 0 aliphatic heterocycles. The Morgan fingerprint density at radius 3 is 2.44 bits per heavy atom. The summed E-state index contributed by atoms with van der Waals surface area (Å²) in [5.41, 5.74) is 0.887. The van der Waals surface area contributed by atoms with Gasteiger partial charge in [0.15, 0.2) is 5.96 Å². The average Bonchev–Trinajstić information content (AvgIpc) is 2.72. The molecule has 2 N–H and O–H groups in total. The number of aliphatic imine (C=N–C) groups is 1. The highest BCUT2D eigenvalue weighted by molar-refractivity contribution is 14.0. The number of nitrogens with zero attached hydrogens (tertiary/aromatic N) is 3. The van der Waals surface area contributed by atoms with E-state index < -0.39 is 12.7 Å². The highest BCUT2D eigenvalue weighted by Gasteiger charge is 2.28. The van der Waals surface area contributed by atoms with E-state index in [0.29, 0.717) is 42.2 Å². The summed E-state index contributed by atoms with van der Waals surface area (Å²) in [4.78, 5) is 5.31. The summed E-state index contributed by atoms with van der Waals surface area (Å²) in [5, 5.41) is 7.10. The van der Waals surface area contributed by atoms with Gasteiger partial charge >= 0.3 is 6.18 Å². The molecule has 1 aromatic rings. The van der Waals surface area contributed by atoms with Gasteiger partial charge in [0.1, 0.15) is 5.15 Å². The van der Waals surface area contributed by atoms with Crippen LogP contribution in [0.3, 0.4) is 0 Å². The molecule has 0 fully saturated rings. The molecule has 11 heteroatoms. The van der Waals surface area contributed by atoms with Gasteiger partial charge < -0.3 is 15.2 Å². The largest absolute Gasteiger partial charge is 0.401 e. The Balaban J connectivity index is 0.00000576. The summed E-state index contributed by atoms with van der Waals surface area (Å²) in [6.07, 6.45) is -3.60. The second-order valence-electron chi connectivity index (χ2n) is 5.39. The molecule has 1 rings (SSSR count). The Kier molecular flexibility index (Phi) is 11.2. The predicted octanol–water partition coefficient (Wildman–Crippen LogP) is 3.50. The van der Waals surface area contributed by atoms with Crippen LogP contribution in [0, 0.1) is 0 Å². The Labute approximate surface area is 173 Å². The van der Waals surface area contributed by atoms with Gasteiger partial charge in [-0.2, -0.15) is 13.2 Å². The van der Waals surface area contributed by atoms with Crippen LogP contribution in [0.5, 0.6) is 0 Å². The first-order valence-electron chi connectivity index (χ1n) is 7.33. The van der Waals surface area contributed by atoms with Crippen LogP contribution in [0.2, 0.25) is 10.2 Å². The smallest absolute Gasteiger partial charge is 0.356 e. The number of hydrogen-bond acceptors (Lipinski definition) is 2. The van der Waals surface area contributed by atoms with Gasteiger partial charge in [-0.25, -0.2) is 0 Å². The van der Waals surface area contributed by atoms with Crippen LogP contribution in [0.25, 0.3) is 0 Å². The third-order valence-electron chi connectivity index (χ3n) is 3.33. The van der Waals surface area contributed by atoms with Gasteiger partial charge in [-0.1, -0.05) is 23.2 Å². The zero-order valence-corrected chi connectivity index (χ0v) is 18.1. The van der Waals surface area contributed by atoms with Gasteiger partial charge in [0.25, 0.3) is 0 Å². The summed E-state index contributed by atoms with van der Waals surface area (Å²) < 4.78 is 38.4. The van der Waals surface area contributed by atoms with Gasteiger partial charge in [0.05, 0.1) is 18.1 Å². The maximum Gasteiger partial charge on any atom is 0.401 e. The lowest BCUT2D eigenvalue weighted by molar-refractivity contribution is -0.143. The molecule has 0 saturated heterocycles. The third kappa shape index (κ3) is 9.20. The molecule has 0 aliphatic carbocycles. The number of guanidine groups is 1. The van der Waals surface area contributed by atoms with Crippen LogP contribution in [-0.2, 0) is 13.6 Å². The average molecular weight is 516 g/mol. The molecule has 0 saturated carbocycles. The molecular weight excluding hydrogens is 493 g/mol. The minimum Gasteiger partial charge on any atom is -0.356 e. The number of aromatic nitrogens is 1. The summed E-state index contributed by atoms with van der Waals surface area (Å²) >= 11 is 11.9. The molecule has 0 atom stereocenters. The summed E-state index contributed by atoms with van der Waals surface area (Å²) in [6, 6.07) is 1.76. The molecule has 0 unspecified atom stereocenters. The van der Waals surface area contributed by atoms with Crippen molar-refractivity contribution < 1.29 is 13.2 Å². The second-order valence-corrected chi connectivity index (χ2v) is 6.16. The maximum absolute atomic E-state index is 12.2. The normalized spacial score (nSPS) is 12.3. The molecule has 1 heterocycles. The van der Waals surface area contributed by atoms with Crippen LogP contribution < -0.4 is 10.6 Å². The molecule has 1 aromatic heterocycles. The quantitative estimate of drug-likeness (QED) is 0.253. The van der Waals surface area contributed by atoms with Crippen molar-refractivity contribution in [3.8, 4) is 0 Å².